The van der Waals surface area contributed by atoms with Crippen molar-refractivity contribution in [3.63, 3.8) is 0 Å². The Hall–Kier alpha value is -2.48. The van der Waals surface area contributed by atoms with Crippen molar-refractivity contribution in [3.05, 3.63) is 63.5 Å². The van der Waals surface area contributed by atoms with Gasteiger partial charge in [0, 0.05) is 25.4 Å². The largest absolute Gasteiger partial charge is 0.361 e. The number of sulfone groups is 1. The van der Waals surface area contributed by atoms with Crippen molar-refractivity contribution >= 4 is 21.2 Å². The van der Waals surface area contributed by atoms with E-state index in [1.165, 1.54) is 24.3 Å². The van der Waals surface area contributed by atoms with Crippen LogP contribution in [0.3, 0.4) is 0 Å². The molecule has 1 aliphatic heterocycles. The van der Waals surface area contributed by atoms with E-state index in [2.05, 4.69) is 0 Å². The first-order chi connectivity index (χ1) is 11.3. The fraction of sp³-hybridized carbons (Fsp3) is 0.250. The van der Waals surface area contributed by atoms with E-state index in [1.807, 2.05) is 4.90 Å². The Bertz CT molecular complexity index is 928. The minimum Gasteiger partial charge on any atom is -0.361 e. The van der Waals surface area contributed by atoms with E-state index in [0.717, 1.165) is 23.4 Å². The van der Waals surface area contributed by atoms with Gasteiger partial charge in [0.05, 0.1) is 9.82 Å². The third-order valence-electron chi connectivity index (χ3n) is 4.09. The summed E-state index contributed by atoms with van der Waals surface area (Å²) in [4.78, 5) is 12.5. The molecule has 0 bridgehead atoms. The zero-order valence-electron chi connectivity index (χ0n) is 12.9. The summed E-state index contributed by atoms with van der Waals surface area (Å²) < 4.78 is 36.5. The molecule has 6 nitrogen and oxygen atoms in total. The number of hydrogen-bond acceptors (Lipinski definition) is 5. The van der Waals surface area contributed by atoms with Crippen LogP contribution in [0.5, 0.6) is 0 Å². The van der Waals surface area contributed by atoms with Gasteiger partial charge < -0.3 is 4.90 Å². The average Bonchev–Trinajstić information content (AvgIpc) is 2.53. The molecule has 0 amide bonds. The number of halogens is 1. The van der Waals surface area contributed by atoms with Crippen LogP contribution in [0.1, 0.15) is 11.1 Å². The van der Waals surface area contributed by atoms with E-state index in [1.54, 1.807) is 6.07 Å². The zero-order chi connectivity index (χ0) is 17.5. The summed E-state index contributed by atoms with van der Waals surface area (Å²) in [6.45, 7) is 0.907. The van der Waals surface area contributed by atoms with Crippen LogP contribution in [0.15, 0.2) is 41.3 Å². The van der Waals surface area contributed by atoms with E-state index in [-0.39, 0.29) is 16.4 Å². The van der Waals surface area contributed by atoms with Crippen LogP contribution in [0.4, 0.5) is 15.8 Å². The minimum atomic E-state index is -3.52. The maximum Gasteiger partial charge on any atom is 0.293 e. The fourth-order valence-electron chi connectivity index (χ4n) is 2.87. The molecule has 8 heteroatoms. The van der Waals surface area contributed by atoms with Gasteiger partial charge in [0.1, 0.15) is 11.5 Å². The summed E-state index contributed by atoms with van der Waals surface area (Å²) >= 11 is 0. The second kappa shape index (κ2) is 5.86. The predicted molar refractivity (Wildman–Crippen MR) is 87.4 cm³/mol. The van der Waals surface area contributed by atoms with Crippen molar-refractivity contribution in [2.75, 3.05) is 17.7 Å². The van der Waals surface area contributed by atoms with Gasteiger partial charge in [-0.3, -0.25) is 10.1 Å². The highest BCUT2D eigenvalue weighted by molar-refractivity contribution is 7.90. The van der Waals surface area contributed by atoms with Crippen molar-refractivity contribution in [3.8, 4) is 0 Å². The summed E-state index contributed by atoms with van der Waals surface area (Å²) in [7, 11) is -3.52. The normalized spacial score (nSPS) is 14.3. The molecule has 126 valence electrons. The highest BCUT2D eigenvalue weighted by Crippen LogP contribution is 2.34. The second-order valence-electron chi connectivity index (χ2n) is 5.76. The maximum atomic E-state index is 13.3. The van der Waals surface area contributed by atoms with E-state index in [0.29, 0.717) is 25.2 Å². The Labute approximate surface area is 138 Å². The van der Waals surface area contributed by atoms with Gasteiger partial charge in [0.25, 0.3) is 5.69 Å². The summed E-state index contributed by atoms with van der Waals surface area (Å²) in [6.07, 6.45) is 1.58. The number of nitro groups is 1. The van der Waals surface area contributed by atoms with Gasteiger partial charge in [-0.15, -0.1) is 0 Å². The first-order valence-electron chi connectivity index (χ1n) is 7.26. The van der Waals surface area contributed by atoms with Crippen LogP contribution >= 0.6 is 0 Å². The van der Waals surface area contributed by atoms with Crippen LogP contribution < -0.4 is 4.90 Å². The Morgan fingerprint density at radius 3 is 2.58 bits per heavy atom. The molecule has 0 atom stereocenters. The van der Waals surface area contributed by atoms with Gasteiger partial charge in [-0.25, -0.2) is 12.8 Å². The highest BCUT2D eigenvalue weighted by atomic mass is 32.2. The molecular formula is C16H15FN2O4S. The molecule has 0 spiro atoms. The van der Waals surface area contributed by atoms with Gasteiger partial charge >= 0.3 is 0 Å². The number of anilines is 1. The molecule has 0 saturated heterocycles. The molecule has 24 heavy (non-hydrogen) atoms. The first-order valence-corrected chi connectivity index (χ1v) is 9.15. The lowest BCUT2D eigenvalue weighted by atomic mass is 9.99. The van der Waals surface area contributed by atoms with Crippen LogP contribution in [-0.4, -0.2) is 26.1 Å². The molecule has 0 fully saturated rings. The molecule has 0 N–H and O–H groups in total. The molecule has 2 aromatic carbocycles. The second-order valence-corrected chi connectivity index (χ2v) is 7.78. The van der Waals surface area contributed by atoms with Crippen molar-refractivity contribution in [1.82, 2.24) is 0 Å². The Morgan fingerprint density at radius 2 is 1.92 bits per heavy atom. The van der Waals surface area contributed by atoms with Gasteiger partial charge in [-0.1, -0.05) is 6.07 Å². The van der Waals surface area contributed by atoms with E-state index in [9.17, 15) is 22.9 Å². The van der Waals surface area contributed by atoms with Crippen molar-refractivity contribution < 1.29 is 17.7 Å². The molecule has 1 aliphatic rings. The van der Waals surface area contributed by atoms with Crippen molar-refractivity contribution in [1.29, 1.82) is 0 Å². The Kier molecular flexibility index (Phi) is 4.00. The summed E-state index contributed by atoms with van der Waals surface area (Å²) in [6, 6.07) is 8.44. The summed E-state index contributed by atoms with van der Waals surface area (Å²) in [5.74, 6) is -0.300. The third-order valence-corrected chi connectivity index (χ3v) is 5.20. The number of benzene rings is 2. The van der Waals surface area contributed by atoms with E-state index in [4.69, 9.17) is 0 Å². The Balaban J connectivity index is 2.01. The van der Waals surface area contributed by atoms with Gasteiger partial charge in [0.2, 0.25) is 0 Å². The van der Waals surface area contributed by atoms with Gasteiger partial charge in [-0.2, -0.15) is 0 Å². The fourth-order valence-corrected chi connectivity index (χ4v) is 3.52. The zero-order valence-corrected chi connectivity index (χ0v) is 13.7. The average molecular weight is 350 g/mol. The third kappa shape index (κ3) is 3.09. The van der Waals surface area contributed by atoms with Crippen LogP contribution in [0, 0.1) is 15.9 Å². The number of rotatable bonds is 3. The number of nitrogens with zero attached hydrogens (tertiary/aromatic N) is 2. The highest BCUT2D eigenvalue weighted by Gasteiger charge is 2.25. The molecular weight excluding hydrogens is 335 g/mol. The lowest BCUT2D eigenvalue weighted by molar-refractivity contribution is -0.384. The van der Waals surface area contributed by atoms with Crippen molar-refractivity contribution in [2.45, 2.75) is 17.9 Å². The number of nitro benzene ring substituents is 1. The molecule has 2 aromatic rings. The van der Waals surface area contributed by atoms with Gasteiger partial charge in [0.15, 0.2) is 9.84 Å². The van der Waals surface area contributed by atoms with E-state index >= 15 is 0 Å². The monoisotopic (exact) mass is 350 g/mol. The lowest BCUT2D eigenvalue weighted by Gasteiger charge is -2.30. The molecule has 0 unspecified atom stereocenters. The summed E-state index contributed by atoms with van der Waals surface area (Å²) in [5, 5.41) is 11.4. The number of fused-ring (bicyclic) bond motifs is 1. The van der Waals surface area contributed by atoms with Crippen LogP contribution in [-0.2, 0) is 22.8 Å². The standard InChI is InChI=1S/C16H15FN2O4S/c1-24(22,23)14-4-5-15(16(9-14)19(20)21)18-7-6-11-8-13(17)3-2-12(11)10-18/h2-5,8-9H,6-7,10H2,1H3. The van der Waals surface area contributed by atoms with Crippen LogP contribution in [0.2, 0.25) is 0 Å². The van der Waals surface area contributed by atoms with Crippen molar-refractivity contribution in [2.24, 2.45) is 0 Å². The first kappa shape index (κ1) is 16.4. The molecule has 3 rings (SSSR count). The maximum absolute atomic E-state index is 13.3. The lowest BCUT2D eigenvalue weighted by Crippen LogP contribution is -2.31. The number of hydrogen-bond donors (Lipinski definition) is 0. The quantitative estimate of drug-likeness (QED) is 0.628. The predicted octanol–water partition coefficient (Wildman–Crippen LogP) is 2.70. The smallest absolute Gasteiger partial charge is 0.293 e. The van der Waals surface area contributed by atoms with Crippen LogP contribution in [0.25, 0.3) is 0 Å². The molecule has 0 aromatic heterocycles. The van der Waals surface area contributed by atoms with E-state index < -0.39 is 14.8 Å². The molecule has 0 aliphatic carbocycles. The summed E-state index contributed by atoms with van der Waals surface area (Å²) in [5.41, 5.74) is 1.91. The van der Waals surface area contributed by atoms with Gasteiger partial charge in [-0.05, 0) is 41.8 Å². The minimum absolute atomic E-state index is 0.0857. The molecule has 0 saturated carbocycles. The SMILES string of the molecule is CS(=O)(=O)c1ccc(N2CCc3cc(F)ccc3C2)c([N+](=O)[O-])c1. The topological polar surface area (TPSA) is 80.5 Å². The Morgan fingerprint density at radius 1 is 1.17 bits per heavy atom. The molecule has 0 radical (unpaired) electrons. The molecule has 1 heterocycles.